The number of amides is 1. The fraction of sp³-hybridized carbons (Fsp3) is 0.562. The van der Waals surface area contributed by atoms with E-state index in [-0.39, 0.29) is 29.8 Å². The number of benzene rings is 1. The second-order valence-electron chi connectivity index (χ2n) is 6.46. The molecule has 1 aromatic carbocycles. The molecule has 0 saturated carbocycles. The predicted octanol–water partition coefficient (Wildman–Crippen LogP) is 3.26. The van der Waals surface area contributed by atoms with Gasteiger partial charge in [0.15, 0.2) is 0 Å². The molecule has 0 bridgehead atoms. The first-order valence-corrected chi connectivity index (χ1v) is 8.19. The Morgan fingerprint density at radius 1 is 1.41 bits per heavy atom. The number of nitrogens with one attached hydrogen (secondary N) is 1. The van der Waals surface area contributed by atoms with Gasteiger partial charge in [0.05, 0.1) is 0 Å². The van der Waals surface area contributed by atoms with Gasteiger partial charge in [-0.2, -0.15) is 0 Å². The molecule has 1 aromatic rings. The number of nitrogens with two attached hydrogens (primary N) is 1. The highest BCUT2D eigenvalue weighted by Crippen LogP contribution is 2.27. The van der Waals surface area contributed by atoms with Gasteiger partial charge in [-0.25, -0.2) is 0 Å². The second-order valence-corrected chi connectivity index (χ2v) is 7.38. The molecule has 1 aliphatic rings. The summed E-state index contributed by atoms with van der Waals surface area (Å²) in [5, 5.41) is 2.93. The zero-order valence-corrected chi connectivity index (χ0v) is 15.5. The molecule has 1 saturated heterocycles. The fourth-order valence-corrected chi connectivity index (χ4v) is 2.96. The lowest BCUT2D eigenvalue weighted by Gasteiger charge is -2.42. The number of hydrogen-bond acceptors (Lipinski definition) is 3. The summed E-state index contributed by atoms with van der Waals surface area (Å²) in [5.74, 6) is 0.0602. The Balaban J connectivity index is 0.00000242. The summed E-state index contributed by atoms with van der Waals surface area (Å²) in [6, 6.07) is 7.88. The molecule has 0 aliphatic carbocycles. The lowest BCUT2D eigenvalue weighted by atomic mass is 9.80. The van der Waals surface area contributed by atoms with Gasteiger partial charge in [0.25, 0.3) is 0 Å². The van der Waals surface area contributed by atoms with Crippen molar-refractivity contribution >= 4 is 39.9 Å². The number of carbonyl (C=O) groups excluding carboxylic acids is 1. The Bertz CT molecular complexity index is 493. The Morgan fingerprint density at radius 3 is 2.64 bits per heavy atom. The van der Waals surface area contributed by atoms with Crippen molar-refractivity contribution in [2.24, 2.45) is 11.1 Å². The van der Waals surface area contributed by atoms with Crippen LogP contribution in [0.2, 0.25) is 0 Å². The van der Waals surface area contributed by atoms with Gasteiger partial charge in [0.2, 0.25) is 5.91 Å². The first-order chi connectivity index (χ1) is 9.87. The molecule has 1 aliphatic heterocycles. The quantitative estimate of drug-likeness (QED) is 0.829. The van der Waals surface area contributed by atoms with Gasteiger partial charge in [-0.05, 0) is 42.6 Å². The molecule has 0 aromatic heterocycles. The maximum absolute atomic E-state index is 12.0. The molecule has 3 N–H and O–H groups in total. The number of halogens is 2. The van der Waals surface area contributed by atoms with Crippen LogP contribution < -0.4 is 11.1 Å². The van der Waals surface area contributed by atoms with Crippen molar-refractivity contribution < 1.29 is 4.79 Å². The molecule has 124 valence electrons. The molecule has 0 spiro atoms. The Labute approximate surface area is 147 Å². The van der Waals surface area contributed by atoms with E-state index >= 15 is 0 Å². The minimum atomic E-state index is 0. The molecule has 1 fully saturated rings. The molecule has 22 heavy (non-hydrogen) atoms. The van der Waals surface area contributed by atoms with Gasteiger partial charge in [-0.1, -0.05) is 29.8 Å². The van der Waals surface area contributed by atoms with Gasteiger partial charge < -0.3 is 16.0 Å². The third kappa shape index (κ3) is 5.54. The number of rotatable bonds is 4. The van der Waals surface area contributed by atoms with E-state index in [1.807, 2.05) is 24.3 Å². The lowest BCUT2D eigenvalue weighted by molar-refractivity contribution is -0.116. The topological polar surface area (TPSA) is 58.4 Å². The van der Waals surface area contributed by atoms with Gasteiger partial charge in [-0.15, -0.1) is 12.4 Å². The van der Waals surface area contributed by atoms with Crippen LogP contribution in [0.15, 0.2) is 28.7 Å². The Morgan fingerprint density at radius 2 is 2.05 bits per heavy atom. The van der Waals surface area contributed by atoms with E-state index in [2.05, 4.69) is 40.0 Å². The summed E-state index contributed by atoms with van der Waals surface area (Å²) >= 11 is 3.38. The van der Waals surface area contributed by atoms with Crippen molar-refractivity contribution in [2.45, 2.75) is 32.7 Å². The lowest BCUT2D eigenvalue weighted by Crippen LogP contribution is -2.52. The van der Waals surface area contributed by atoms with Gasteiger partial charge in [-0.3, -0.25) is 4.79 Å². The van der Waals surface area contributed by atoms with Crippen LogP contribution in [-0.2, 0) is 4.79 Å². The predicted molar refractivity (Wildman–Crippen MR) is 97.5 cm³/mol. The minimum absolute atomic E-state index is 0. The van der Waals surface area contributed by atoms with Crippen molar-refractivity contribution in [2.75, 3.05) is 25.0 Å². The summed E-state index contributed by atoms with van der Waals surface area (Å²) in [6.07, 6.45) is 1.52. The van der Waals surface area contributed by atoms with Crippen LogP contribution in [-0.4, -0.2) is 36.5 Å². The third-order valence-electron chi connectivity index (χ3n) is 4.17. The van der Waals surface area contributed by atoms with Crippen LogP contribution in [0.1, 0.15) is 26.7 Å². The van der Waals surface area contributed by atoms with E-state index in [0.717, 1.165) is 36.2 Å². The van der Waals surface area contributed by atoms with Crippen LogP contribution in [0, 0.1) is 5.41 Å². The van der Waals surface area contributed by atoms with Crippen LogP contribution in [0.4, 0.5) is 5.69 Å². The number of anilines is 1. The summed E-state index contributed by atoms with van der Waals surface area (Å²) in [4.78, 5) is 14.3. The highest BCUT2D eigenvalue weighted by atomic mass is 79.9. The highest BCUT2D eigenvalue weighted by molar-refractivity contribution is 9.10. The number of carbonyl (C=O) groups is 1. The molecular formula is C16H25BrClN3O. The number of likely N-dealkylation sites (tertiary alicyclic amines) is 1. The molecule has 1 heterocycles. The van der Waals surface area contributed by atoms with Gasteiger partial charge in [0, 0.05) is 35.7 Å². The normalized spacial score (nSPS) is 21.0. The zero-order chi connectivity index (χ0) is 15.5. The fourth-order valence-electron chi connectivity index (χ4n) is 2.69. The maximum Gasteiger partial charge on any atom is 0.225 e. The molecule has 1 atom stereocenters. The van der Waals surface area contributed by atoms with Crippen LogP contribution in [0.3, 0.4) is 0 Å². The Hall–Kier alpha value is -0.620. The van der Waals surface area contributed by atoms with E-state index in [1.54, 1.807) is 0 Å². The minimum Gasteiger partial charge on any atom is -0.327 e. The standard InChI is InChI=1S/C16H24BrN3O.ClH/c1-16(2)11-20(9-7-14(16)18)10-8-15(21)19-13-5-3-12(17)4-6-13;/h3-6,14H,7-11,18H2,1-2H3,(H,19,21);1H. The first-order valence-electron chi connectivity index (χ1n) is 7.40. The molecule has 4 nitrogen and oxygen atoms in total. The maximum atomic E-state index is 12.0. The summed E-state index contributed by atoms with van der Waals surface area (Å²) < 4.78 is 1.01. The van der Waals surface area contributed by atoms with Crippen molar-refractivity contribution in [1.82, 2.24) is 4.90 Å². The molecular weight excluding hydrogens is 366 g/mol. The van der Waals surface area contributed by atoms with Gasteiger partial charge in [0.1, 0.15) is 0 Å². The molecule has 2 rings (SSSR count). The molecule has 6 heteroatoms. The second kappa shape index (κ2) is 8.29. The largest absolute Gasteiger partial charge is 0.327 e. The van der Waals surface area contributed by atoms with Crippen molar-refractivity contribution in [3.05, 3.63) is 28.7 Å². The number of piperidine rings is 1. The number of nitrogens with zero attached hydrogens (tertiary/aromatic N) is 1. The van der Waals surface area contributed by atoms with Crippen molar-refractivity contribution in [3.8, 4) is 0 Å². The Kier molecular flexibility index (Phi) is 7.32. The van der Waals surface area contributed by atoms with E-state index < -0.39 is 0 Å². The number of hydrogen-bond donors (Lipinski definition) is 2. The zero-order valence-electron chi connectivity index (χ0n) is 13.1. The highest BCUT2D eigenvalue weighted by Gasteiger charge is 2.33. The van der Waals surface area contributed by atoms with Crippen LogP contribution >= 0.6 is 28.3 Å². The molecule has 1 amide bonds. The summed E-state index contributed by atoms with van der Waals surface area (Å²) in [5.41, 5.74) is 7.10. The van der Waals surface area contributed by atoms with E-state index in [9.17, 15) is 4.79 Å². The average molecular weight is 391 g/mol. The van der Waals surface area contributed by atoms with Crippen molar-refractivity contribution in [3.63, 3.8) is 0 Å². The van der Waals surface area contributed by atoms with Crippen molar-refractivity contribution in [1.29, 1.82) is 0 Å². The molecule has 1 unspecified atom stereocenters. The van der Waals surface area contributed by atoms with E-state index in [0.29, 0.717) is 6.42 Å². The third-order valence-corrected chi connectivity index (χ3v) is 4.70. The monoisotopic (exact) mass is 389 g/mol. The van der Waals surface area contributed by atoms with E-state index in [4.69, 9.17) is 5.73 Å². The van der Waals surface area contributed by atoms with Gasteiger partial charge >= 0.3 is 0 Å². The first kappa shape index (κ1) is 19.4. The average Bonchev–Trinajstić information content (AvgIpc) is 2.42. The van der Waals surface area contributed by atoms with Crippen LogP contribution in [0.25, 0.3) is 0 Å². The molecule has 0 radical (unpaired) electrons. The summed E-state index contributed by atoms with van der Waals surface area (Å²) in [6.45, 7) is 7.13. The smallest absolute Gasteiger partial charge is 0.225 e. The SMILES string of the molecule is CC1(C)CN(CCC(=O)Nc2ccc(Br)cc2)CCC1N.Cl. The summed E-state index contributed by atoms with van der Waals surface area (Å²) in [7, 11) is 0. The van der Waals surface area contributed by atoms with Crippen LogP contribution in [0.5, 0.6) is 0 Å². The van der Waals surface area contributed by atoms with E-state index in [1.165, 1.54) is 0 Å².